The molecule has 90 valence electrons. The molecule has 1 aromatic carbocycles. The molecule has 0 saturated carbocycles. The maximum Gasteiger partial charge on any atom is 0.200 e. The molecule has 0 bridgehead atoms. The van der Waals surface area contributed by atoms with Gasteiger partial charge in [0.15, 0.2) is 23.3 Å². The summed E-state index contributed by atoms with van der Waals surface area (Å²) >= 11 is 0. The van der Waals surface area contributed by atoms with Crippen LogP contribution in [-0.4, -0.2) is 11.7 Å². The molecule has 1 rings (SSSR count). The van der Waals surface area contributed by atoms with Gasteiger partial charge in [0.25, 0.3) is 0 Å². The largest absolute Gasteiger partial charge is 0.396 e. The molecule has 0 spiro atoms. The fourth-order valence-electron chi connectivity index (χ4n) is 1.24. The van der Waals surface area contributed by atoms with Crippen LogP contribution in [0.4, 0.5) is 22.0 Å². The van der Waals surface area contributed by atoms with Gasteiger partial charge in [0.05, 0.1) is 0 Å². The second-order valence-corrected chi connectivity index (χ2v) is 3.54. The van der Waals surface area contributed by atoms with Gasteiger partial charge in [0.2, 0.25) is 5.82 Å². The van der Waals surface area contributed by atoms with Crippen LogP contribution >= 0.6 is 0 Å². The van der Waals surface area contributed by atoms with Gasteiger partial charge in [-0.05, 0) is 12.3 Å². The number of hydrogen-bond donors (Lipinski definition) is 1. The highest BCUT2D eigenvalue weighted by Crippen LogP contribution is 2.24. The maximum absolute atomic E-state index is 13.1. The summed E-state index contributed by atoms with van der Waals surface area (Å²) in [4.78, 5) is 0. The first-order valence-electron chi connectivity index (χ1n) is 4.51. The van der Waals surface area contributed by atoms with E-state index in [1.807, 2.05) is 0 Å². The predicted molar refractivity (Wildman–Crippen MR) is 46.2 cm³/mol. The fraction of sp³-hybridized carbons (Fsp3) is 0.400. The third-order valence-corrected chi connectivity index (χ3v) is 2.16. The Morgan fingerprint density at radius 1 is 0.875 bits per heavy atom. The van der Waals surface area contributed by atoms with Crippen molar-refractivity contribution in [3.05, 3.63) is 34.6 Å². The zero-order valence-electron chi connectivity index (χ0n) is 8.33. The molecule has 0 saturated heterocycles. The standard InChI is InChI=1S/C10H9F5O/c1-4(3-16)2-5-6(11)8(13)10(15)9(14)7(5)12/h4,16H,2-3H2,1H3. The molecule has 1 atom stereocenters. The van der Waals surface area contributed by atoms with Crippen LogP contribution in [0.3, 0.4) is 0 Å². The first-order chi connectivity index (χ1) is 7.40. The first kappa shape index (κ1) is 12.9. The molecule has 0 aromatic heterocycles. The van der Waals surface area contributed by atoms with Gasteiger partial charge >= 0.3 is 0 Å². The Hall–Kier alpha value is -1.17. The molecule has 0 aliphatic heterocycles. The van der Waals surface area contributed by atoms with Gasteiger partial charge in [-0.2, -0.15) is 0 Å². The predicted octanol–water partition coefficient (Wildman–Crippen LogP) is 2.55. The van der Waals surface area contributed by atoms with Gasteiger partial charge in [0, 0.05) is 12.2 Å². The third-order valence-electron chi connectivity index (χ3n) is 2.16. The quantitative estimate of drug-likeness (QED) is 0.489. The van der Waals surface area contributed by atoms with Gasteiger partial charge in [0.1, 0.15) is 0 Å². The van der Waals surface area contributed by atoms with Crippen LogP contribution in [0.5, 0.6) is 0 Å². The lowest BCUT2D eigenvalue weighted by molar-refractivity contribution is 0.233. The molecule has 6 heteroatoms. The zero-order chi connectivity index (χ0) is 12.5. The van der Waals surface area contributed by atoms with Crippen molar-refractivity contribution >= 4 is 0 Å². The normalized spacial score (nSPS) is 12.9. The molecule has 1 unspecified atom stereocenters. The van der Waals surface area contributed by atoms with E-state index >= 15 is 0 Å². The highest BCUT2D eigenvalue weighted by molar-refractivity contribution is 5.24. The summed E-state index contributed by atoms with van der Waals surface area (Å²) in [5.74, 6) is -10.4. The van der Waals surface area contributed by atoms with E-state index in [2.05, 4.69) is 0 Å². The van der Waals surface area contributed by atoms with Gasteiger partial charge in [-0.15, -0.1) is 0 Å². The number of benzene rings is 1. The second-order valence-electron chi connectivity index (χ2n) is 3.54. The molecule has 0 fully saturated rings. The fourth-order valence-corrected chi connectivity index (χ4v) is 1.24. The van der Waals surface area contributed by atoms with E-state index < -0.39 is 53.6 Å². The van der Waals surface area contributed by atoms with E-state index in [1.165, 1.54) is 6.92 Å². The summed E-state index contributed by atoms with van der Waals surface area (Å²) in [5, 5.41) is 8.66. The van der Waals surface area contributed by atoms with E-state index in [1.54, 1.807) is 0 Å². The Balaban J connectivity index is 3.28. The molecule has 1 N–H and O–H groups in total. The summed E-state index contributed by atoms with van der Waals surface area (Å²) in [6.45, 7) is 1.03. The first-order valence-corrected chi connectivity index (χ1v) is 4.51. The molecule has 1 nitrogen and oxygen atoms in total. The average molecular weight is 240 g/mol. The molecule has 16 heavy (non-hydrogen) atoms. The Kier molecular flexibility index (Phi) is 3.85. The Labute approximate surface area is 88.5 Å². The van der Waals surface area contributed by atoms with Gasteiger partial charge in [-0.3, -0.25) is 0 Å². The lowest BCUT2D eigenvalue weighted by Crippen LogP contribution is -2.12. The van der Waals surface area contributed by atoms with Crippen LogP contribution in [-0.2, 0) is 6.42 Å². The van der Waals surface area contributed by atoms with Crippen molar-refractivity contribution in [1.82, 2.24) is 0 Å². The molecule has 1 aromatic rings. The van der Waals surface area contributed by atoms with Crippen LogP contribution < -0.4 is 0 Å². The number of aliphatic hydroxyl groups excluding tert-OH is 1. The average Bonchev–Trinajstić information content (AvgIpc) is 2.29. The lowest BCUT2D eigenvalue weighted by atomic mass is 10.0. The molecule has 0 amide bonds. The summed E-state index contributed by atoms with van der Waals surface area (Å²) < 4.78 is 64.3. The van der Waals surface area contributed by atoms with Crippen LogP contribution in [0, 0.1) is 35.0 Å². The van der Waals surface area contributed by atoms with Crippen LogP contribution in [0.1, 0.15) is 12.5 Å². The monoisotopic (exact) mass is 240 g/mol. The minimum atomic E-state index is -2.17. The number of halogens is 5. The number of hydrogen-bond acceptors (Lipinski definition) is 1. The van der Waals surface area contributed by atoms with Crippen molar-refractivity contribution in [1.29, 1.82) is 0 Å². The van der Waals surface area contributed by atoms with E-state index in [4.69, 9.17) is 5.11 Å². The highest BCUT2D eigenvalue weighted by Gasteiger charge is 2.26. The molecular weight excluding hydrogens is 231 g/mol. The van der Waals surface area contributed by atoms with Crippen molar-refractivity contribution in [3.63, 3.8) is 0 Å². The second kappa shape index (κ2) is 4.78. The molecular formula is C10H9F5O. The topological polar surface area (TPSA) is 20.2 Å². The Morgan fingerprint density at radius 3 is 1.62 bits per heavy atom. The summed E-state index contributed by atoms with van der Waals surface area (Å²) in [6, 6.07) is 0. The Morgan fingerprint density at radius 2 is 1.25 bits per heavy atom. The smallest absolute Gasteiger partial charge is 0.200 e. The lowest BCUT2D eigenvalue weighted by Gasteiger charge is -2.11. The Bertz CT molecular complexity index is 376. The molecule has 0 aliphatic rings. The highest BCUT2D eigenvalue weighted by atomic mass is 19.2. The summed E-state index contributed by atoms with van der Waals surface area (Å²) in [5.41, 5.74) is -0.891. The van der Waals surface area contributed by atoms with E-state index in [-0.39, 0.29) is 0 Å². The SMILES string of the molecule is CC(CO)Cc1c(F)c(F)c(F)c(F)c1F. The zero-order valence-corrected chi connectivity index (χ0v) is 8.33. The number of rotatable bonds is 3. The third kappa shape index (κ3) is 2.16. The van der Waals surface area contributed by atoms with Gasteiger partial charge < -0.3 is 5.11 Å². The minimum Gasteiger partial charge on any atom is -0.396 e. The molecule has 0 radical (unpaired) electrons. The molecule has 0 aliphatic carbocycles. The van der Waals surface area contributed by atoms with E-state index in [0.717, 1.165) is 0 Å². The van der Waals surface area contributed by atoms with Crippen molar-refractivity contribution in [2.24, 2.45) is 5.92 Å². The van der Waals surface area contributed by atoms with Crippen molar-refractivity contribution < 1.29 is 27.1 Å². The minimum absolute atomic E-state index is 0.403. The van der Waals surface area contributed by atoms with E-state index in [0.29, 0.717) is 0 Å². The van der Waals surface area contributed by atoms with E-state index in [9.17, 15) is 22.0 Å². The van der Waals surface area contributed by atoms with Gasteiger partial charge in [-0.1, -0.05) is 6.92 Å². The summed E-state index contributed by atoms with van der Waals surface area (Å²) in [7, 11) is 0. The summed E-state index contributed by atoms with van der Waals surface area (Å²) in [6.07, 6.45) is -0.414. The van der Waals surface area contributed by atoms with Crippen molar-refractivity contribution in [2.75, 3.05) is 6.61 Å². The van der Waals surface area contributed by atoms with Crippen molar-refractivity contribution in [2.45, 2.75) is 13.3 Å². The molecule has 0 heterocycles. The maximum atomic E-state index is 13.1. The van der Waals surface area contributed by atoms with Crippen LogP contribution in [0.2, 0.25) is 0 Å². The van der Waals surface area contributed by atoms with Gasteiger partial charge in [-0.25, -0.2) is 22.0 Å². The van der Waals surface area contributed by atoms with Crippen molar-refractivity contribution in [3.8, 4) is 0 Å². The van der Waals surface area contributed by atoms with Crippen LogP contribution in [0.15, 0.2) is 0 Å². The van der Waals surface area contributed by atoms with Crippen LogP contribution in [0.25, 0.3) is 0 Å². The number of aliphatic hydroxyl groups is 1.